The lowest BCUT2D eigenvalue weighted by atomic mass is 9.91. The lowest BCUT2D eigenvalue weighted by molar-refractivity contribution is -0.147. The highest BCUT2D eigenvalue weighted by atomic mass is 19.4. The third-order valence-corrected chi connectivity index (χ3v) is 7.89. The zero-order chi connectivity index (χ0) is 31.4. The smallest absolute Gasteiger partial charge is 0.451 e. The van der Waals surface area contributed by atoms with Crippen LogP contribution < -0.4 is 9.47 Å². The fourth-order valence-electron chi connectivity index (χ4n) is 5.84. The van der Waals surface area contributed by atoms with Gasteiger partial charge in [0.15, 0.2) is 5.82 Å². The van der Waals surface area contributed by atoms with Gasteiger partial charge in [0.25, 0.3) is 0 Å². The molecule has 1 aliphatic heterocycles. The van der Waals surface area contributed by atoms with E-state index < -0.39 is 29.8 Å². The first kappa shape index (κ1) is 29.5. The summed E-state index contributed by atoms with van der Waals surface area (Å²) in [5.74, 6) is -0.807. The molecule has 0 radical (unpaired) electrons. The molecule has 3 aromatic carbocycles. The SMILES string of the molecule is COC(=O)CC1COc2cc(O[C@@H]3CCc4c3ccc(C(F)(F)F)c4-c3ccc(-c4nc(C(F)(F)F)n(C)n4)cc3)ccc21. The van der Waals surface area contributed by atoms with Crippen molar-refractivity contribution in [2.24, 2.45) is 7.05 Å². The number of hydrogen-bond acceptors (Lipinski definition) is 6. The van der Waals surface area contributed by atoms with Crippen LogP contribution in [0.2, 0.25) is 0 Å². The second-order valence-corrected chi connectivity index (χ2v) is 10.6. The minimum Gasteiger partial charge on any atom is -0.492 e. The van der Waals surface area contributed by atoms with Gasteiger partial charge in [-0.05, 0) is 47.2 Å². The van der Waals surface area contributed by atoms with Gasteiger partial charge < -0.3 is 14.2 Å². The van der Waals surface area contributed by atoms with Crippen LogP contribution in [0.15, 0.2) is 54.6 Å². The van der Waals surface area contributed by atoms with E-state index in [1.54, 1.807) is 12.1 Å². The van der Waals surface area contributed by atoms with Gasteiger partial charge in [0.2, 0.25) is 5.82 Å². The van der Waals surface area contributed by atoms with Crippen LogP contribution in [0, 0.1) is 0 Å². The molecule has 1 aromatic heterocycles. The summed E-state index contributed by atoms with van der Waals surface area (Å²) in [4.78, 5) is 15.3. The lowest BCUT2D eigenvalue weighted by Gasteiger charge is -2.20. The second-order valence-electron chi connectivity index (χ2n) is 10.6. The molecule has 6 rings (SSSR count). The molecule has 2 atom stereocenters. The lowest BCUT2D eigenvalue weighted by Crippen LogP contribution is -2.13. The van der Waals surface area contributed by atoms with Crippen molar-refractivity contribution < 1.29 is 45.3 Å². The molecule has 1 unspecified atom stereocenters. The largest absolute Gasteiger partial charge is 0.492 e. The molecule has 4 aromatic rings. The zero-order valence-corrected chi connectivity index (χ0v) is 23.4. The van der Waals surface area contributed by atoms with E-state index >= 15 is 0 Å². The number of nitrogens with zero attached hydrogens (tertiary/aromatic N) is 3. The molecule has 230 valence electrons. The summed E-state index contributed by atoms with van der Waals surface area (Å²) in [7, 11) is 2.44. The Labute approximate surface area is 247 Å². The molecule has 0 saturated carbocycles. The molecule has 2 aliphatic rings. The number of benzene rings is 3. The topological polar surface area (TPSA) is 75.5 Å². The molecule has 2 heterocycles. The Morgan fingerprint density at radius 1 is 0.977 bits per heavy atom. The Kier molecular flexibility index (Phi) is 7.29. The minimum atomic E-state index is -4.70. The number of methoxy groups -OCH3 is 1. The third-order valence-electron chi connectivity index (χ3n) is 7.89. The molecular formula is C31H25F6N3O4. The summed E-state index contributed by atoms with van der Waals surface area (Å²) in [6, 6.07) is 13.4. The van der Waals surface area contributed by atoms with Crippen LogP contribution >= 0.6 is 0 Å². The van der Waals surface area contributed by atoms with Gasteiger partial charge in [0.1, 0.15) is 17.6 Å². The van der Waals surface area contributed by atoms with E-state index in [0.29, 0.717) is 46.8 Å². The molecule has 13 heteroatoms. The summed E-state index contributed by atoms with van der Waals surface area (Å²) in [5, 5.41) is 3.82. The maximum absolute atomic E-state index is 14.2. The van der Waals surface area contributed by atoms with E-state index in [1.165, 1.54) is 37.4 Å². The average Bonchev–Trinajstić information content (AvgIpc) is 3.69. The second kappa shape index (κ2) is 10.9. The van der Waals surface area contributed by atoms with Crippen molar-refractivity contribution in [1.82, 2.24) is 14.8 Å². The summed E-state index contributed by atoms with van der Waals surface area (Å²) in [5.41, 5.74) is 1.63. The first-order chi connectivity index (χ1) is 20.8. The van der Waals surface area contributed by atoms with E-state index in [-0.39, 0.29) is 40.8 Å². The number of rotatable bonds is 6. The number of esters is 1. The van der Waals surface area contributed by atoms with Crippen molar-refractivity contribution in [1.29, 1.82) is 0 Å². The number of aromatic nitrogens is 3. The van der Waals surface area contributed by atoms with Crippen LogP contribution in [0.1, 0.15) is 52.9 Å². The summed E-state index contributed by atoms with van der Waals surface area (Å²) in [6.07, 6.45) is -8.94. The Hall–Kier alpha value is -4.55. The van der Waals surface area contributed by atoms with Crippen molar-refractivity contribution in [2.45, 2.75) is 43.6 Å². The van der Waals surface area contributed by atoms with Gasteiger partial charge in [-0.15, -0.1) is 0 Å². The Morgan fingerprint density at radius 3 is 2.34 bits per heavy atom. The van der Waals surface area contributed by atoms with Crippen molar-refractivity contribution >= 4 is 5.97 Å². The van der Waals surface area contributed by atoms with Gasteiger partial charge >= 0.3 is 18.3 Å². The van der Waals surface area contributed by atoms with Crippen LogP contribution in [-0.4, -0.2) is 34.5 Å². The van der Waals surface area contributed by atoms with Crippen molar-refractivity contribution in [3.63, 3.8) is 0 Å². The fourth-order valence-corrected chi connectivity index (χ4v) is 5.84. The van der Waals surface area contributed by atoms with Gasteiger partial charge in [-0.25, -0.2) is 9.67 Å². The van der Waals surface area contributed by atoms with E-state index in [1.807, 2.05) is 6.07 Å². The monoisotopic (exact) mass is 617 g/mol. The molecule has 0 saturated heterocycles. The van der Waals surface area contributed by atoms with Crippen molar-refractivity contribution in [3.05, 3.63) is 82.7 Å². The Balaban J connectivity index is 1.30. The maximum Gasteiger partial charge on any atom is 0.451 e. The number of aryl methyl sites for hydroxylation is 1. The molecule has 0 amide bonds. The van der Waals surface area contributed by atoms with Crippen LogP contribution in [0.4, 0.5) is 26.3 Å². The van der Waals surface area contributed by atoms with Gasteiger partial charge in [0.05, 0.1) is 25.7 Å². The zero-order valence-electron chi connectivity index (χ0n) is 23.4. The van der Waals surface area contributed by atoms with E-state index in [0.717, 1.165) is 18.7 Å². The molecule has 44 heavy (non-hydrogen) atoms. The summed E-state index contributed by atoms with van der Waals surface area (Å²) in [6.45, 7) is 0.322. The third kappa shape index (κ3) is 5.46. The molecule has 0 N–H and O–H groups in total. The normalized spacial score (nSPS) is 17.6. The minimum absolute atomic E-state index is 0.000509. The first-order valence-electron chi connectivity index (χ1n) is 13.7. The van der Waals surface area contributed by atoms with Gasteiger partial charge in [-0.2, -0.15) is 31.4 Å². The molecule has 7 nitrogen and oxygen atoms in total. The number of ether oxygens (including phenoxy) is 3. The van der Waals surface area contributed by atoms with Crippen LogP contribution in [0.5, 0.6) is 11.5 Å². The van der Waals surface area contributed by atoms with E-state index in [9.17, 15) is 31.1 Å². The molecular weight excluding hydrogens is 592 g/mol. The highest BCUT2D eigenvalue weighted by Gasteiger charge is 2.39. The quantitative estimate of drug-likeness (QED) is 0.167. The summed E-state index contributed by atoms with van der Waals surface area (Å²) >= 11 is 0. The van der Waals surface area contributed by atoms with Gasteiger partial charge in [-0.3, -0.25) is 4.79 Å². The van der Waals surface area contributed by atoms with Gasteiger partial charge in [0, 0.05) is 30.2 Å². The van der Waals surface area contributed by atoms with Crippen molar-refractivity contribution in [3.8, 4) is 34.0 Å². The maximum atomic E-state index is 14.2. The molecule has 0 spiro atoms. The molecule has 0 bridgehead atoms. The predicted octanol–water partition coefficient (Wildman–Crippen LogP) is 7.29. The number of fused-ring (bicyclic) bond motifs is 2. The standard InChI is InChI=1S/C31H25F6N3O4/c1-40-29(31(35,36)37)38-28(39-40)17-5-3-16(4-6-17)27-22-10-12-24(21(22)9-11-23(27)30(32,33)34)44-19-7-8-20-18(13-26(41)42-2)15-43-25(20)14-19/h3-9,11,14,18,24H,10,12-13,15H2,1-2H3/t18?,24-/m1/s1. The highest BCUT2D eigenvalue weighted by Crippen LogP contribution is 2.47. The van der Waals surface area contributed by atoms with E-state index in [4.69, 9.17) is 14.2 Å². The number of carbonyl (C=O) groups excluding carboxylic acids is 1. The van der Waals surface area contributed by atoms with Gasteiger partial charge in [-0.1, -0.05) is 36.4 Å². The first-order valence-corrected chi connectivity index (χ1v) is 13.7. The van der Waals surface area contributed by atoms with E-state index in [2.05, 4.69) is 10.1 Å². The van der Waals surface area contributed by atoms with Crippen LogP contribution in [0.3, 0.4) is 0 Å². The number of hydrogen-bond donors (Lipinski definition) is 0. The van der Waals surface area contributed by atoms with Crippen LogP contribution in [0.25, 0.3) is 22.5 Å². The molecule has 1 aliphatic carbocycles. The Bertz CT molecular complexity index is 1730. The fraction of sp³-hybridized carbons (Fsp3) is 0.323. The molecule has 0 fully saturated rings. The van der Waals surface area contributed by atoms with Crippen molar-refractivity contribution in [2.75, 3.05) is 13.7 Å². The highest BCUT2D eigenvalue weighted by molar-refractivity contribution is 5.76. The predicted molar refractivity (Wildman–Crippen MR) is 145 cm³/mol. The summed E-state index contributed by atoms with van der Waals surface area (Å²) < 4.78 is 99.5. The number of halogens is 6. The Morgan fingerprint density at radius 2 is 1.68 bits per heavy atom. The van der Waals surface area contributed by atoms with Crippen LogP contribution in [-0.2, 0) is 35.4 Å². The average molecular weight is 618 g/mol. The number of alkyl halides is 6. The number of carbonyl (C=O) groups is 1.